The summed E-state index contributed by atoms with van der Waals surface area (Å²) in [5.74, 6) is -1.38. The summed E-state index contributed by atoms with van der Waals surface area (Å²) < 4.78 is 19.0. The van der Waals surface area contributed by atoms with Crippen LogP contribution >= 0.6 is 23.2 Å². The number of halogens is 3. The molecule has 0 aliphatic heterocycles. The van der Waals surface area contributed by atoms with Crippen molar-refractivity contribution in [2.45, 2.75) is 6.61 Å². The predicted molar refractivity (Wildman–Crippen MR) is 74.2 cm³/mol. The predicted octanol–water partition coefficient (Wildman–Crippen LogP) is 4.41. The molecule has 0 saturated carbocycles. The van der Waals surface area contributed by atoms with Crippen molar-refractivity contribution in [2.24, 2.45) is 0 Å². The van der Waals surface area contributed by atoms with E-state index in [4.69, 9.17) is 33.0 Å². The molecular weight excluding hydrogens is 306 g/mol. The van der Waals surface area contributed by atoms with E-state index in [1.54, 1.807) is 18.2 Å². The highest BCUT2D eigenvalue weighted by Crippen LogP contribution is 2.32. The minimum atomic E-state index is -1.13. The number of carboxylic acids is 1. The summed E-state index contributed by atoms with van der Waals surface area (Å²) in [5.41, 5.74) is 0.114. The molecule has 0 saturated heterocycles. The van der Waals surface area contributed by atoms with Crippen LogP contribution in [0.15, 0.2) is 36.4 Å². The Labute approximate surface area is 124 Å². The van der Waals surface area contributed by atoms with Crippen molar-refractivity contribution < 1.29 is 19.0 Å². The van der Waals surface area contributed by atoms with E-state index in [0.717, 1.165) is 6.07 Å². The van der Waals surface area contributed by atoms with Gasteiger partial charge < -0.3 is 9.84 Å². The van der Waals surface area contributed by atoms with Gasteiger partial charge >= 0.3 is 5.97 Å². The van der Waals surface area contributed by atoms with Gasteiger partial charge in [-0.15, -0.1) is 0 Å². The van der Waals surface area contributed by atoms with Crippen LogP contribution in [-0.4, -0.2) is 11.1 Å². The molecule has 104 valence electrons. The Kier molecular flexibility index (Phi) is 4.47. The highest BCUT2D eigenvalue weighted by Gasteiger charge is 2.11. The molecule has 0 heterocycles. The van der Waals surface area contributed by atoms with Gasteiger partial charge in [-0.05, 0) is 30.3 Å². The van der Waals surface area contributed by atoms with E-state index >= 15 is 0 Å². The van der Waals surface area contributed by atoms with Crippen LogP contribution in [0.4, 0.5) is 4.39 Å². The summed E-state index contributed by atoms with van der Waals surface area (Å²) in [4.78, 5) is 10.8. The van der Waals surface area contributed by atoms with Crippen molar-refractivity contribution >= 4 is 29.2 Å². The Hall–Kier alpha value is -1.78. The first-order chi connectivity index (χ1) is 9.49. The smallest absolute Gasteiger partial charge is 0.335 e. The summed E-state index contributed by atoms with van der Waals surface area (Å²) in [7, 11) is 0. The van der Waals surface area contributed by atoms with Crippen molar-refractivity contribution in [3.05, 3.63) is 63.4 Å². The number of hydrogen-bond donors (Lipinski definition) is 1. The first kappa shape index (κ1) is 14.6. The second-order valence-electron chi connectivity index (χ2n) is 3.95. The van der Waals surface area contributed by atoms with E-state index in [-0.39, 0.29) is 22.8 Å². The fourth-order valence-corrected chi connectivity index (χ4v) is 1.92. The number of hydrogen-bond acceptors (Lipinski definition) is 2. The molecule has 0 bridgehead atoms. The van der Waals surface area contributed by atoms with Gasteiger partial charge in [-0.2, -0.15) is 0 Å². The lowest BCUT2D eigenvalue weighted by Crippen LogP contribution is -2.03. The van der Waals surface area contributed by atoms with Crippen LogP contribution in [0.2, 0.25) is 10.0 Å². The van der Waals surface area contributed by atoms with Crippen LogP contribution in [0.5, 0.6) is 5.75 Å². The van der Waals surface area contributed by atoms with Gasteiger partial charge in [0.2, 0.25) is 0 Å². The standard InChI is InChI=1S/C14H9Cl2FO3/c15-10-2-1-3-12(13(10)16)20-7-9-6-8(14(18)19)4-5-11(9)17/h1-6H,7H2,(H,18,19). The molecule has 2 rings (SSSR count). The number of carbonyl (C=O) groups is 1. The fraction of sp³-hybridized carbons (Fsp3) is 0.0714. The lowest BCUT2D eigenvalue weighted by molar-refractivity contribution is 0.0696. The zero-order chi connectivity index (χ0) is 14.7. The molecule has 3 nitrogen and oxygen atoms in total. The molecule has 0 amide bonds. The third kappa shape index (κ3) is 3.21. The maximum absolute atomic E-state index is 13.6. The van der Waals surface area contributed by atoms with Crippen molar-refractivity contribution in [1.82, 2.24) is 0 Å². The van der Waals surface area contributed by atoms with Gasteiger partial charge in [0, 0.05) is 5.56 Å². The number of ether oxygens (including phenoxy) is 1. The minimum Gasteiger partial charge on any atom is -0.487 e. The molecule has 0 spiro atoms. The van der Waals surface area contributed by atoms with Gasteiger partial charge in [-0.1, -0.05) is 29.3 Å². The molecule has 0 fully saturated rings. The quantitative estimate of drug-likeness (QED) is 0.909. The van der Waals surface area contributed by atoms with Crippen LogP contribution in [0.1, 0.15) is 15.9 Å². The van der Waals surface area contributed by atoms with E-state index in [9.17, 15) is 9.18 Å². The SMILES string of the molecule is O=C(O)c1ccc(F)c(COc2cccc(Cl)c2Cl)c1. The van der Waals surface area contributed by atoms with Gasteiger partial charge in [-0.25, -0.2) is 9.18 Å². The monoisotopic (exact) mass is 314 g/mol. The summed E-state index contributed by atoms with van der Waals surface area (Å²) in [6, 6.07) is 8.33. The Morgan fingerprint density at radius 2 is 2.00 bits per heavy atom. The van der Waals surface area contributed by atoms with Gasteiger partial charge in [0.1, 0.15) is 23.2 Å². The second kappa shape index (κ2) is 6.11. The largest absolute Gasteiger partial charge is 0.487 e. The topological polar surface area (TPSA) is 46.5 Å². The molecule has 0 atom stereocenters. The molecule has 2 aromatic carbocycles. The normalized spacial score (nSPS) is 10.3. The molecule has 0 unspecified atom stereocenters. The number of carboxylic acid groups (broad SMARTS) is 1. The van der Waals surface area contributed by atoms with Crippen LogP contribution in [0.3, 0.4) is 0 Å². The third-order valence-corrected chi connectivity index (χ3v) is 3.39. The highest BCUT2D eigenvalue weighted by atomic mass is 35.5. The van der Waals surface area contributed by atoms with Crippen molar-refractivity contribution in [2.75, 3.05) is 0 Å². The van der Waals surface area contributed by atoms with Gasteiger partial charge in [0.15, 0.2) is 0 Å². The summed E-state index contributed by atoms with van der Waals surface area (Å²) in [6.45, 7) is -0.146. The maximum atomic E-state index is 13.6. The van der Waals surface area contributed by atoms with Crippen molar-refractivity contribution in [3.8, 4) is 5.75 Å². The molecule has 0 aromatic heterocycles. The average Bonchev–Trinajstić information content (AvgIpc) is 2.41. The van der Waals surface area contributed by atoms with Crippen molar-refractivity contribution in [3.63, 3.8) is 0 Å². The first-order valence-electron chi connectivity index (χ1n) is 5.57. The molecular formula is C14H9Cl2FO3. The molecule has 0 radical (unpaired) electrons. The Balaban J connectivity index is 2.20. The third-order valence-electron chi connectivity index (χ3n) is 2.59. The molecule has 6 heteroatoms. The van der Waals surface area contributed by atoms with Crippen molar-refractivity contribution in [1.29, 1.82) is 0 Å². The number of aromatic carboxylic acids is 1. The Morgan fingerprint density at radius 1 is 1.25 bits per heavy atom. The van der Waals surface area contributed by atoms with Crippen LogP contribution in [0, 0.1) is 5.82 Å². The highest BCUT2D eigenvalue weighted by molar-refractivity contribution is 6.42. The molecule has 0 aliphatic rings. The fourth-order valence-electron chi connectivity index (χ4n) is 1.57. The molecule has 0 aliphatic carbocycles. The molecule has 1 N–H and O–H groups in total. The van der Waals surface area contributed by atoms with Gasteiger partial charge in [0.05, 0.1) is 10.6 Å². The maximum Gasteiger partial charge on any atom is 0.335 e. The lowest BCUT2D eigenvalue weighted by atomic mass is 10.1. The Bertz CT molecular complexity index is 659. The van der Waals surface area contributed by atoms with E-state index in [1.807, 2.05) is 0 Å². The average molecular weight is 315 g/mol. The molecule has 20 heavy (non-hydrogen) atoms. The summed E-state index contributed by atoms with van der Waals surface area (Å²) in [6.07, 6.45) is 0. The second-order valence-corrected chi connectivity index (χ2v) is 4.74. The van der Waals surface area contributed by atoms with Crippen LogP contribution < -0.4 is 4.74 Å². The zero-order valence-corrected chi connectivity index (χ0v) is 11.6. The van der Waals surface area contributed by atoms with E-state index in [0.29, 0.717) is 10.8 Å². The number of rotatable bonds is 4. The first-order valence-corrected chi connectivity index (χ1v) is 6.33. The van der Waals surface area contributed by atoms with Crippen LogP contribution in [-0.2, 0) is 6.61 Å². The Morgan fingerprint density at radius 3 is 2.70 bits per heavy atom. The summed E-state index contributed by atoms with van der Waals surface area (Å²) in [5, 5.41) is 9.41. The lowest BCUT2D eigenvalue weighted by Gasteiger charge is -2.10. The van der Waals surface area contributed by atoms with Crippen LogP contribution in [0.25, 0.3) is 0 Å². The van der Waals surface area contributed by atoms with Gasteiger partial charge in [0.25, 0.3) is 0 Å². The van der Waals surface area contributed by atoms with E-state index in [1.165, 1.54) is 12.1 Å². The van der Waals surface area contributed by atoms with E-state index in [2.05, 4.69) is 0 Å². The zero-order valence-electron chi connectivity index (χ0n) is 10.1. The minimum absolute atomic E-state index is 0.0119. The van der Waals surface area contributed by atoms with Gasteiger partial charge in [-0.3, -0.25) is 0 Å². The number of benzene rings is 2. The summed E-state index contributed by atoms with van der Waals surface area (Å²) >= 11 is 11.8. The van der Waals surface area contributed by atoms with E-state index < -0.39 is 11.8 Å². The molecule has 2 aromatic rings.